The Kier molecular flexibility index (Phi) is 5.58. The largest absolute Gasteiger partial charge is 0.497 e. The Morgan fingerprint density at radius 2 is 1.90 bits per heavy atom. The summed E-state index contributed by atoms with van der Waals surface area (Å²) >= 11 is 0. The van der Waals surface area contributed by atoms with Gasteiger partial charge in [-0.1, -0.05) is 12.1 Å². The van der Waals surface area contributed by atoms with Crippen molar-refractivity contribution in [3.8, 4) is 17.0 Å². The third-order valence-corrected chi connectivity index (χ3v) is 4.52. The number of benzene rings is 2. The minimum atomic E-state index is -0.252. The van der Waals surface area contributed by atoms with Crippen LogP contribution < -0.4 is 15.4 Å². The average Bonchev–Trinajstić information content (AvgIpc) is 3.20. The quantitative estimate of drug-likeness (QED) is 0.439. The van der Waals surface area contributed by atoms with Crippen LogP contribution in [0, 0.1) is 0 Å². The number of hydrogen-bond donors (Lipinski definition) is 3. The lowest BCUT2D eigenvalue weighted by atomic mass is 10.1. The number of carbonyl (C=O) groups is 1. The highest BCUT2D eigenvalue weighted by Crippen LogP contribution is 2.24. The molecular weight excluding hydrogens is 382 g/mol. The average molecular weight is 403 g/mol. The van der Waals surface area contributed by atoms with Crippen LogP contribution in [-0.4, -0.2) is 45.9 Å². The van der Waals surface area contributed by atoms with Crippen LogP contribution in [0.25, 0.3) is 16.9 Å². The van der Waals surface area contributed by atoms with Crippen LogP contribution >= 0.6 is 0 Å². The van der Waals surface area contributed by atoms with Crippen molar-refractivity contribution in [3.05, 3.63) is 72.3 Å². The van der Waals surface area contributed by atoms with E-state index in [1.165, 1.54) is 0 Å². The van der Waals surface area contributed by atoms with Gasteiger partial charge in [0.1, 0.15) is 5.75 Å². The standard InChI is InChI=1S/C22H21N5O3/c1-30-18-10-8-15(9-11-18)19-6-3-7-20-25-22(26-27(19)20)24-17-5-2-4-16(14-17)21(29)23-12-13-28/h2-11,14,28H,12-13H2,1H3,(H,23,29)(H,24,26). The highest BCUT2D eigenvalue weighted by Gasteiger charge is 2.11. The molecule has 0 spiro atoms. The molecule has 0 aliphatic rings. The number of aromatic nitrogens is 3. The Morgan fingerprint density at radius 1 is 1.10 bits per heavy atom. The minimum absolute atomic E-state index is 0.106. The van der Waals surface area contributed by atoms with Gasteiger partial charge in [0.25, 0.3) is 5.91 Å². The summed E-state index contributed by atoms with van der Waals surface area (Å²) in [7, 11) is 1.64. The van der Waals surface area contributed by atoms with Gasteiger partial charge in [0.2, 0.25) is 5.95 Å². The molecule has 0 radical (unpaired) electrons. The van der Waals surface area contributed by atoms with Crippen LogP contribution in [0.15, 0.2) is 66.7 Å². The second-order valence-electron chi connectivity index (χ2n) is 6.53. The maximum Gasteiger partial charge on any atom is 0.251 e. The van der Waals surface area contributed by atoms with Crippen molar-refractivity contribution in [2.75, 3.05) is 25.6 Å². The summed E-state index contributed by atoms with van der Waals surface area (Å²) in [5.74, 6) is 0.955. The van der Waals surface area contributed by atoms with Crippen molar-refractivity contribution in [1.82, 2.24) is 19.9 Å². The molecule has 0 bridgehead atoms. The maximum absolute atomic E-state index is 12.1. The van der Waals surface area contributed by atoms with Crippen LogP contribution in [0.3, 0.4) is 0 Å². The molecule has 0 aliphatic heterocycles. The number of anilines is 2. The normalized spacial score (nSPS) is 10.7. The van der Waals surface area contributed by atoms with Crippen molar-refractivity contribution in [2.45, 2.75) is 0 Å². The van der Waals surface area contributed by atoms with Crippen LogP contribution in [-0.2, 0) is 0 Å². The lowest BCUT2D eigenvalue weighted by molar-refractivity contribution is 0.0945. The number of fused-ring (bicyclic) bond motifs is 1. The Labute approximate surface area is 173 Å². The second kappa shape index (κ2) is 8.62. The van der Waals surface area contributed by atoms with Crippen molar-refractivity contribution in [3.63, 3.8) is 0 Å². The summed E-state index contributed by atoms with van der Waals surface area (Å²) < 4.78 is 6.99. The topological polar surface area (TPSA) is 101 Å². The molecule has 3 N–H and O–H groups in total. The first-order valence-electron chi connectivity index (χ1n) is 9.44. The Bertz CT molecular complexity index is 1170. The molecule has 0 saturated carbocycles. The van der Waals surface area contributed by atoms with Crippen molar-refractivity contribution < 1.29 is 14.6 Å². The van der Waals surface area contributed by atoms with E-state index in [0.29, 0.717) is 22.8 Å². The van der Waals surface area contributed by atoms with Gasteiger partial charge in [-0.15, -0.1) is 5.10 Å². The van der Waals surface area contributed by atoms with Gasteiger partial charge in [-0.3, -0.25) is 4.79 Å². The molecule has 8 nitrogen and oxygen atoms in total. The third kappa shape index (κ3) is 4.08. The number of amides is 1. The maximum atomic E-state index is 12.1. The summed E-state index contributed by atoms with van der Waals surface area (Å²) in [6, 6.07) is 20.5. The molecule has 2 heterocycles. The van der Waals surface area contributed by atoms with Crippen LogP contribution in [0.1, 0.15) is 10.4 Å². The number of hydrogen-bond acceptors (Lipinski definition) is 6. The molecular formula is C22H21N5O3. The van der Waals surface area contributed by atoms with E-state index in [1.54, 1.807) is 29.8 Å². The number of ether oxygens (including phenoxy) is 1. The first-order valence-corrected chi connectivity index (χ1v) is 9.44. The van der Waals surface area contributed by atoms with Gasteiger partial charge in [-0.2, -0.15) is 4.98 Å². The van der Waals surface area contributed by atoms with E-state index in [4.69, 9.17) is 9.84 Å². The molecule has 0 unspecified atom stereocenters. The molecule has 4 aromatic rings. The number of methoxy groups -OCH3 is 1. The smallest absolute Gasteiger partial charge is 0.251 e. The number of aliphatic hydroxyl groups excluding tert-OH is 1. The predicted octanol–water partition coefficient (Wildman–Crippen LogP) is 2.87. The zero-order valence-corrected chi connectivity index (χ0v) is 16.4. The molecule has 2 aromatic carbocycles. The van der Waals surface area contributed by atoms with Crippen LogP contribution in [0.5, 0.6) is 5.75 Å². The van der Waals surface area contributed by atoms with Crippen molar-refractivity contribution >= 4 is 23.2 Å². The number of nitrogens with zero attached hydrogens (tertiary/aromatic N) is 3. The third-order valence-electron chi connectivity index (χ3n) is 4.52. The number of rotatable bonds is 7. The molecule has 2 aromatic heterocycles. The number of nitrogens with one attached hydrogen (secondary N) is 2. The van der Waals surface area contributed by atoms with E-state index in [0.717, 1.165) is 17.0 Å². The van der Waals surface area contributed by atoms with Gasteiger partial charge in [0, 0.05) is 23.4 Å². The first-order chi connectivity index (χ1) is 14.7. The highest BCUT2D eigenvalue weighted by atomic mass is 16.5. The Balaban J connectivity index is 1.61. The van der Waals surface area contributed by atoms with Gasteiger partial charge in [0.05, 0.1) is 19.4 Å². The zero-order valence-electron chi connectivity index (χ0n) is 16.4. The summed E-state index contributed by atoms with van der Waals surface area (Å²) in [6.45, 7) is 0.101. The molecule has 4 rings (SSSR count). The molecule has 8 heteroatoms. The fourth-order valence-electron chi connectivity index (χ4n) is 3.08. The summed E-state index contributed by atoms with van der Waals surface area (Å²) in [6.07, 6.45) is 0. The highest BCUT2D eigenvalue weighted by molar-refractivity contribution is 5.95. The molecule has 0 aliphatic carbocycles. The summed E-state index contributed by atoms with van der Waals surface area (Å²) in [5.41, 5.74) is 3.75. The van der Waals surface area contributed by atoms with Crippen molar-refractivity contribution in [2.24, 2.45) is 0 Å². The van der Waals surface area contributed by atoms with Gasteiger partial charge < -0.3 is 20.5 Å². The van der Waals surface area contributed by atoms with E-state index >= 15 is 0 Å². The monoisotopic (exact) mass is 403 g/mol. The van der Waals surface area contributed by atoms with E-state index < -0.39 is 0 Å². The molecule has 1 amide bonds. The van der Waals surface area contributed by atoms with Gasteiger partial charge in [0.15, 0.2) is 5.65 Å². The Hall–Kier alpha value is -3.91. The van der Waals surface area contributed by atoms with Crippen molar-refractivity contribution in [1.29, 1.82) is 0 Å². The molecule has 0 saturated heterocycles. The van der Waals surface area contributed by atoms with Crippen LogP contribution in [0.2, 0.25) is 0 Å². The summed E-state index contributed by atoms with van der Waals surface area (Å²) in [5, 5.41) is 19.2. The van der Waals surface area contributed by atoms with Crippen LogP contribution in [0.4, 0.5) is 11.6 Å². The van der Waals surface area contributed by atoms with Gasteiger partial charge >= 0.3 is 0 Å². The van der Waals surface area contributed by atoms with Gasteiger partial charge in [-0.05, 0) is 54.6 Å². The van der Waals surface area contributed by atoms with E-state index in [9.17, 15) is 4.79 Å². The first kappa shape index (κ1) is 19.4. The zero-order chi connectivity index (χ0) is 20.9. The number of aliphatic hydroxyl groups is 1. The summed E-state index contributed by atoms with van der Waals surface area (Å²) in [4.78, 5) is 16.6. The lowest BCUT2D eigenvalue weighted by Gasteiger charge is -2.06. The SMILES string of the molecule is COc1ccc(-c2cccc3nc(Nc4cccc(C(=O)NCCO)c4)nn23)cc1. The lowest BCUT2D eigenvalue weighted by Crippen LogP contribution is -2.26. The minimum Gasteiger partial charge on any atom is -0.497 e. The molecule has 152 valence electrons. The second-order valence-corrected chi connectivity index (χ2v) is 6.53. The molecule has 0 atom stereocenters. The predicted molar refractivity (Wildman–Crippen MR) is 114 cm³/mol. The Morgan fingerprint density at radius 3 is 2.67 bits per heavy atom. The molecule has 0 fully saturated rings. The van der Waals surface area contributed by atoms with E-state index in [2.05, 4.69) is 20.7 Å². The number of pyridine rings is 1. The van der Waals surface area contributed by atoms with Gasteiger partial charge in [-0.25, -0.2) is 4.52 Å². The fraction of sp³-hybridized carbons (Fsp3) is 0.136. The molecule has 30 heavy (non-hydrogen) atoms. The van der Waals surface area contributed by atoms with E-state index in [1.807, 2.05) is 48.5 Å². The van der Waals surface area contributed by atoms with E-state index in [-0.39, 0.29) is 19.1 Å². The fourth-order valence-corrected chi connectivity index (χ4v) is 3.08. The number of carbonyl (C=O) groups excluding carboxylic acids is 1.